The maximum Gasteiger partial charge on any atom is 0.263 e. The van der Waals surface area contributed by atoms with Crippen molar-refractivity contribution in [2.24, 2.45) is 0 Å². The van der Waals surface area contributed by atoms with Crippen molar-refractivity contribution in [1.29, 1.82) is 0 Å². The molecule has 2 aromatic rings. The third-order valence-electron chi connectivity index (χ3n) is 4.51. The molecular weight excluding hydrogens is 320 g/mol. The first-order valence-corrected chi connectivity index (χ1v) is 8.40. The van der Waals surface area contributed by atoms with Crippen molar-refractivity contribution in [3.8, 4) is 10.6 Å². The Morgan fingerprint density at radius 3 is 2.91 bits per heavy atom. The van der Waals surface area contributed by atoms with Gasteiger partial charge in [-0.3, -0.25) is 4.79 Å². The Morgan fingerprint density at radius 1 is 1.35 bits per heavy atom. The van der Waals surface area contributed by atoms with Crippen LogP contribution in [-0.4, -0.2) is 29.0 Å². The van der Waals surface area contributed by atoms with Crippen molar-refractivity contribution in [3.63, 3.8) is 0 Å². The topological polar surface area (TPSA) is 54.0 Å². The second-order valence-electron chi connectivity index (χ2n) is 6.02. The van der Waals surface area contributed by atoms with E-state index in [1.807, 2.05) is 0 Å². The van der Waals surface area contributed by atoms with E-state index >= 15 is 0 Å². The van der Waals surface area contributed by atoms with E-state index in [-0.39, 0.29) is 17.5 Å². The van der Waals surface area contributed by atoms with Gasteiger partial charge in [-0.25, -0.2) is 13.8 Å². The molecule has 7 heteroatoms. The van der Waals surface area contributed by atoms with Crippen LogP contribution in [0.15, 0.2) is 24.4 Å². The van der Waals surface area contributed by atoms with Crippen LogP contribution in [0.3, 0.4) is 0 Å². The summed E-state index contributed by atoms with van der Waals surface area (Å²) < 4.78 is 26.8. The summed E-state index contributed by atoms with van der Waals surface area (Å²) in [6.45, 7) is 0. The highest BCUT2D eigenvalue weighted by Gasteiger charge is 2.39. The fourth-order valence-electron chi connectivity index (χ4n) is 3.39. The van der Waals surface area contributed by atoms with Gasteiger partial charge >= 0.3 is 0 Å². The summed E-state index contributed by atoms with van der Waals surface area (Å²) in [7, 11) is 0. The molecule has 4 nitrogen and oxygen atoms in total. The minimum absolute atomic E-state index is 0.148. The molecule has 0 spiro atoms. The molecule has 1 aromatic heterocycles. The van der Waals surface area contributed by atoms with Crippen LogP contribution in [0.2, 0.25) is 0 Å². The van der Waals surface area contributed by atoms with Gasteiger partial charge in [-0.15, -0.1) is 11.3 Å². The van der Waals surface area contributed by atoms with Crippen molar-refractivity contribution in [1.82, 2.24) is 15.6 Å². The molecule has 2 N–H and O–H groups in total. The Hall–Kier alpha value is -1.86. The van der Waals surface area contributed by atoms with E-state index < -0.39 is 11.6 Å². The summed E-state index contributed by atoms with van der Waals surface area (Å²) >= 11 is 1.11. The SMILES string of the molecule is O=C(N[C@@H]1C[C@H]2CC[C@@H]1N2)c1cnc(-c2ccc(F)cc2F)s1. The number of nitrogens with zero attached hydrogens (tertiary/aromatic N) is 1. The molecule has 3 atom stereocenters. The van der Waals surface area contributed by atoms with Gasteiger partial charge < -0.3 is 10.6 Å². The van der Waals surface area contributed by atoms with Gasteiger partial charge in [0, 0.05) is 29.8 Å². The number of hydrogen-bond acceptors (Lipinski definition) is 4. The molecular formula is C16H15F2N3OS. The molecule has 2 aliphatic heterocycles. The van der Waals surface area contributed by atoms with Crippen LogP contribution in [0.4, 0.5) is 8.78 Å². The van der Waals surface area contributed by atoms with Crippen LogP contribution in [-0.2, 0) is 0 Å². The number of aromatic nitrogens is 1. The minimum Gasteiger partial charge on any atom is -0.347 e. The molecule has 3 heterocycles. The minimum atomic E-state index is -0.677. The number of carbonyl (C=O) groups is 1. The molecule has 4 rings (SSSR count). The van der Waals surface area contributed by atoms with Crippen molar-refractivity contribution >= 4 is 17.2 Å². The van der Waals surface area contributed by atoms with Crippen molar-refractivity contribution in [2.75, 3.05) is 0 Å². The summed E-state index contributed by atoms with van der Waals surface area (Å²) in [5.74, 6) is -1.50. The van der Waals surface area contributed by atoms with E-state index in [4.69, 9.17) is 0 Å². The normalized spacial score (nSPS) is 25.7. The lowest BCUT2D eigenvalue weighted by molar-refractivity contribution is 0.0935. The van der Waals surface area contributed by atoms with Gasteiger partial charge in [0.05, 0.1) is 6.20 Å². The van der Waals surface area contributed by atoms with Crippen molar-refractivity contribution < 1.29 is 13.6 Å². The van der Waals surface area contributed by atoms with Gasteiger partial charge in [-0.05, 0) is 31.4 Å². The quantitative estimate of drug-likeness (QED) is 0.907. The maximum atomic E-state index is 13.8. The first-order chi connectivity index (χ1) is 11.1. The van der Waals surface area contributed by atoms with Crippen LogP contribution in [0.25, 0.3) is 10.6 Å². The first-order valence-electron chi connectivity index (χ1n) is 7.58. The van der Waals surface area contributed by atoms with Crippen LogP contribution >= 0.6 is 11.3 Å². The largest absolute Gasteiger partial charge is 0.347 e. The average molecular weight is 335 g/mol. The molecule has 0 saturated carbocycles. The average Bonchev–Trinajstić information content (AvgIpc) is 3.23. The number of rotatable bonds is 3. The number of thiazole rings is 1. The van der Waals surface area contributed by atoms with Crippen LogP contribution in [0.5, 0.6) is 0 Å². The predicted molar refractivity (Wildman–Crippen MR) is 83.3 cm³/mol. The third-order valence-corrected chi connectivity index (χ3v) is 5.54. The highest BCUT2D eigenvalue weighted by Crippen LogP contribution is 2.30. The fourth-order valence-corrected chi connectivity index (χ4v) is 4.24. The summed E-state index contributed by atoms with van der Waals surface area (Å²) in [5.41, 5.74) is 0.206. The second kappa shape index (κ2) is 5.65. The molecule has 2 saturated heterocycles. The Morgan fingerprint density at radius 2 is 2.22 bits per heavy atom. The van der Waals surface area contributed by atoms with Gasteiger partial charge in [-0.1, -0.05) is 0 Å². The molecule has 120 valence electrons. The lowest BCUT2D eigenvalue weighted by Gasteiger charge is -2.20. The Labute approximate surface area is 135 Å². The molecule has 2 fully saturated rings. The van der Waals surface area contributed by atoms with Crippen LogP contribution in [0.1, 0.15) is 28.9 Å². The number of amides is 1. The number of carbonyl (C=O) groups excluding carboxylic acids is 1. The maximum absolute atomic E-state index is 13.8. The standard InChI is InChI=1S/C16H15F2N3OS/c17-8-1-3-10(11(18)5-8)16-19-7-14(23-16)15(22)21-13-6-9-2-4-12(13)20-9/h1,3,5,7,9,12-13,20H,2,4,6H2,(H,21,22)/t9-,12+,13-/m1/s1. The Bertz CT molecular complexity index is 764. The lowest BCUT2D eigenvalue weighted by Crippen LogP contribution is -2.42. The van der Waals surface area contributed by atoms with Gasteiger partial charge in [0.15, 0.2) is 0 Å². The Balaban J connectivity index is 1.50. The van der Waals surface area contributed by atoms with E-state index in [1.54, 1.807) is 0 Å². The molecule has 2 bridgehead atoms. The monoisotopic (exact) mass is 335 g/mol. The summed E-state index contributed by atoms with van der Waals surface area (Å²) in [4.78, 5) is 16.9. The van der Waals surface area contributed by atoms with Crippen molar-refractivity contribution in [2.45, 2.75) is 37.4 Å². The zero-order valence-corrected chi connectivity index (χ0v) is 13.0. The molecule has 0 radical (unpaired) electrons. The number of nitrogens with one attached hydrogen (secondary N) is 2. The highest BCUT2D eigenvalue weighted by atomic mass is 32.1. The first kappa shape index (κ1) is 14.7. The zero-order valence-electron chi connectivity index (χ0n) is 12.2. The number of benzene rings is 1. The number of halogens is 2. The van der Waals surface area contributed by atoms with E-state index in [9.17, 15) is 13.6 Å². The molecule has 1 amide bonds. The molecule has 1 aromatic carbocycles. The third kappa shape index (κ3) is 2.74. The van der Waals surface area contributed by atoms with Gasteiger partial charge in [0.2, 0.25) is 0 Å². The molecule has 0 unspecified atom stereocenters. The van der Waals surface area contributed by atoms with Gasteiger partial charge in [-0.2, -0.15) is 0 Å². The van der Waals surface area contributed by atoms with Crippen LogP contribution in [0, 0.1) is 11.6 Å². The highest BCUT2D eigenvalue weighted by molar-refractivity contribution is 7.16. The van der Waals surface area contributed by atoms with Gasteiger partial charge in [0.25, 0.3) is 5.91 Å². The number of hydrogen-bond donors (Lipinski definition) is 2. The second-order valence-corrected chi connectivity index (χ2v) is 7.05. The zero-order chi connectivity index (χ0) is 16.0. The van der Waals surface area contributed by atoms with Crippen LogP contribution < -0.4 is 10.6 Å². The van der Waals surface area contributed by atoms with E-state index in [2.05, 4.69) is 15.6 Å². The molecule has 0 aliphatic carbocycles. The van der Waals surface area contributed by atoms with Crippen molar-refractivity contribution in [3.05, 3.63) is 40.9 Å². The fraction of sp³-hybridized carbons (Fsp3) is 0.375. The summed E-state index contributed by atoms with van der Waals surface area (Å²) in [6.07, 6.45) is 4.66. The summed E-state index contributed by atoms with van der Waals surface area (Å²) in [5, 5.41) is 6.87. The number of fused-ring (bicyclic) bond motifs is 2. The smallest absolute Gasteiger partial charge is 0.263 e. The Kier molecular flexibility index (Phi) is 3.61. The van der Waals surface area contributed by atoms with E-state index in [1.165, 1.54) is 24.8 Å². The van der Waals surface area contributed by atoms with Gasteiger partial charge in [0.1, 0.15) is 21.5 Å². The molecule has 2 aliphatic rings. The van der Waals surface area contributed by atoms with E-state index in [0.29, 0.717) is 22.0 Å². The summed E-state index contributed by atoms with van der Waals surface area (Å²) in [6, 6.07) is 4.35. The lowest BCUT2D eigenvalue weighted by atomic mass is 9.95. The molecule has 23 heavy (non-hydrogen) atoms. The van der Waals surface area contributed by atoms with E-state index in [0.717, 1.165) is 30.2 Å². The predicted octanol–water partition coefficient (Wildman–Crippen LogP) is 2.71.